The minimum absolute atomic E-state index is 0.151. The van der Waals surface area contributed by atoms with E-state index in [1.807, 2.05) is 30.3 Å². The van der Waals surface area contributed by atoms with Crippen molar-refractivity contribution in [2.24, 2.45) is 0 Å². The summed E-state index contributed by atoms with van der Waals surface area (Å²) in [6, 6.07) is 9.43. The summed E-state index contributed by atoms with van der Waals surface area (Å²) in [5.74, 6) is 0.151. The molecule has 1 aromatic heterocycles. The van der Waals surface area contributed by atoms with Crippen LogP contribution in [0.3, 0.4) is 0 Å². The molecule has 2 rings (SSSR count). The third kappa shape index (κ3) is 2.01. The Morgan fingerprint density at radius 3 is 3.00 bits per heavy atom. The number of carbonyl (C=O) groups is 1. The van der Waals surface area contributed by atoms with E-state index >= 15 is 0 Å². The Balaban J connectivity index is 2.44. The van der Waals surface area contributed by atoms with Crippen molar-refractivity contribution in [2.45, 2.75) is 12.8 Å². The van der Waals surface area contributed by atoms with Gasteiger partial charge < -0.3 is 0 Å². The summed E-state index contributed by atoms with van der Waals surface area (Å²) in [4.78, 5) is 16.2. The van der Waals surface area contributed by atoms with Gasteiger partial charge in [-0.05, 0) is 18.6 Å². The topological polar surface area (TPSA) is 30.0 Å². The molecule has 2 nitrogen and oxygen atoms in total. The van der Waals surface area contributed by atoms with Crippen molar-refractivity contribution in [3.8, 4) is 0 Å². The highest BCUT2D eigenvalue weighted by molar-refractivity contribution is 6.07. The lowest BCUT2D eigenvalue weighted by Crippen LogP contribution is -1.99. The molecular formula is C14H13NO. The summed E-state index contributed by atoms with van der Waals surface area (Å²) in [5.41, 5.74) is 1.62. The van der Waals surface area contributed by atoms with Gasteiger partial charge >= 0.3 is 0 Å². The number of hydrogen-bond acceptors (Lipinski definition) is 2. The van der Waals surface area contributed by atoms with Gasteiger partial charge in [-0.3, -0.25) is 9.78 Å². The average Bonchev–Trinajstić information content (AvgIpc) is 2.35. The Morgan fingerprint density at radius 1 is 1.31 bits per heavy atom. The lowest BCUT2D eigenvalue weighted by atomic mass is 10.0. The van der Waals surface area contributed by atoms with Crippen molar-refractivity contribution in [2.75, 3.05) is 0 Å². The molecule has 16 heavy (non-hydrogen) atoms. The van der Waals surface area contributed by atoms with E-state index in [0.29, 0.717) is 6.42 Å². The second-order valence-corrected chi connectivity index (χ2v) is 3.63. The zero-order valence-corrected chi connectivity index (χ0v) is 9.02. The number of ketones is 1. The molecule has 0 saturated carbocycles. The molecular weight excluding hydrogens is 198 g/mol. The Morgan fingerprint density at radius 2 is 2.19 bits per heavy atom. The first kappa shape index (κ1) is 10.6. The van der Waals surface area contributed by atoms with Crippen LogP contribution in [-0.4, -0.2) is 10.8 Å². The van der Waals surface area contributed by atoms with Crippen LogP contribution in [0.15, 0.2) is 49.2 Å². The SMILES string of the molecule is C=CCCC(=O)c1cccc2ncccc12. The van der Waals surface area contributed by atoms with Gasteiger partial charge in [-0.25, -0.2) is 0 Å². The average molecular weight is 211 g/mol. The molecule has 0 bridgehead atoms. The third-order valence-corrected chi connectivity index (χ3v) is 2.52. The van der Waals surface area contributed by atoms with E-state index in [2.05, 4.69) is 11.6 Å². The van der Waals surface area contributed by atoms with Crippen molar-refractivity contribution < 1.29 is 4.79 Å². The number of pyridine rings is 1. The van der Waals surface area contributed by atoms with Gasteiger partial charge in [0.15, 0.2) is 5.78 Å². The zero-order chi connectivity index (χ0) is 11.4. The minimum atomic E-state index is 0.151. The van der Waals surface area contributed by atoms with Crippen LogP contribution in [0.1, 0.15) is 23.2 Å². The molecule has 0 unspecified atom stereocenters. The molecule has 0 atom stereocenters. The summed E-state index contributed by atoms with van der Waals surface area (Å²) in [6.45, 7) is 3.62. The van der Waals surface area contributed by atoms with Gasteiger partial charge in [0.05, 0.1) is 5.52 Å². The molecule has 0 N–H and O–H groups in total. The maximum atomic E-state index is 11.9. The van der Waals surface area contributed by atoms with Crippen LogP contribution >= 0.6 is 0 Å². The Labute approximate surface area is 94.6 Å². The van der Waals surface area contributed by atoms with Gasteiger partial charge in [0.25, 0.3) is 0 Å². The van der Waals surface area contributed by atoms with Gasteiger partial charge in [-0.2, -0.15) is 0 Å². The Kier molecular flexibility index (Phi) is 3.10. The summed E-state index contributed by atoms with van der Waals surface area (Å²) in [6.07, 6.45) is 4.73. The largest absolute Gasteiger partial charge is 0.294 e. The van der Waals surface area contributed by atoms with Crippen LogP contribution in [0, 0.1) is 0 Å². The van der Waals surface area contributed by atoms with Gasteiger partial charge in [0.1, 0.15) is 0 Å². The molecule has 0 spiro atoms. The van der Waals surface area contributed by atoms with E-state index in [9.17, 15) is 4.79 Å². The minimum Gasteiger partial charge on any atom is -0.294 e. The molecule has 2 aromatic rings. The van der Waals surface area contributed by atoms with Crippen molar-refractivity contribution in [3.63, 3.8) is 0 Å². The highest BCUT2D eigenvalue weighted by Gasteiger charge is 2.08. The summed E-state index contributed by atoms with van der Waals surface area (Å²) in [7, 11) is 0. The Bertz CT molecular complexity index is 526. The van der Waals surface area contributed by atoms with E-state index in [1.165, 1.54) is 0 Å². The number of Topliss-reactive ketones (excluding diaryl/α,β-unsaturated/α-hetero) is 1. The molecule has 0 fully saturated rings. The van der Waals surface area contributed by atoms with E-state index in [-0.39, 0.29) is 5.78 Å². The van der Waals surface area contributed by atoms with Crippen LogP contribution in [-0.2, 0) is 0 Å². The molecule has 1 aromatic carbocycles. The number of carbonyl (C=O) groups excluding carboxylic acids is 1. The lowest BCUT2D eigenvalue weighted by Gasteiger charge is -2.03. The summed E-state index contributed by atoms with van der Waals surface area (Å²) in [5, 5.41) is 0.930. The maximum Gasteiger partial charge on any atom is 0.163 e. The van der Waals surface area contributed by atoms with Crippen LogP contribution < -0.4 is 0 Å². The molecule has 0 amide bonds. The van der Waals surface area contributed by atoms with Gasteiger partial charge in [-0.1, -0.05) is 24.3 Å². The maximum absolute atomic E-state index is 11.9. The third-order valence-electron chi connectivity index (χ3n) is 2.52. The number of hydrogen-bond donors (Lipinski definition) is 0. The number of nitrogens with zero attached hydrogens (tertiary/aromatic N) is 1. The van der Waals surface area contributed by atoms with Crippen molar-refractivity contribution >= 4 is 16.7 Å². The van der Waals surface area contributed by atoms with Gasteiger partial charge in [0, 0.05) is 23.6 Å². The summed E-state index contributed by atoms with van der Waals surface area (Å²) >= 11 is 0. The van der Waals surface area contributed by atoms with Gasteiger partial charge in [-0.15, -0.1) is 6.58 Å². The smallest absolute Gasteiger partial charge is 0.163 e. The monoisotopic (exact) mass is 211 g/mol. The molecule has 0 aliphatic carbocycles. The van der Waals surface area contributed by atoms with E-state index in [0.717, 1.165) is 22.9 Å². The fraction of sp³-hybridized carbons (Fsp3) is 0.143. The fourth-order valence-corrected chi connectivity index (χ4v) is 1.71. The van der Waals surface area contributed by atoms with Crippen molar-refractivity contribution in [1.29, 1.82) is 0 Å². The quantitative estimate of drug-likeness (QED) is 0.573. The highest BCUT2D eigenvalue weighted by atomic mass is 16.1. The van der Waals surface area contributed by atoms with Crippen molar-refractivity contribution in [3.05, 3.63) is 54.7 Å². The first-order valence-corrected chi connectivity index (χ1v) is 5.31. The first-order valence-electron chi connectivity index (χ1n) is 5.31. The second-order valence-electron chi connectivity index (χ2n) is 3.63. The molecule has 2 heteroatoms. The van der Waals surface area contributed by atoms with E-state index < -0.39 is 0 Å². The van der Waals surface area contributed by atoms with Crippen LogP contribution in [0.2, 0.25) is 0 Å². The Hall–Kier alpha value is -1.96. The number of allylic oxidation sites excluding steroid dienone is 1. The highest BCUT2D eigenvalue weighted by Crippen LogP contribution is 2.18. The number of rotatable bonds is 4. The molecule has 0 saturated heterocycles. The number of aromatic nitrogens is 1. The van der Waals surface area contributed by atoms with Crippen LogP contribution in [0.4, 0.5) is 0 Å². The molecule has 0 aliphatic heterocycles. The zero-order valence-electron chi connectivity index (χ0n) is 9.02. The number of benzene rings is 1. The lowest BCUT2D eigenvalue weighted by molar-refractivity contribution is 0.0985. The van der Waals surface area contributed by atoms with E-state index in [1.54, 1.807) is 12.3 Å². The molecule has 0 radical (unpaired) electrons. The second kappa shape index (κ2) is 4.71. The van der Waals surface area contributed by atoms with Crippen molar-refractivity contribution in [1.82, 2.24) is 4.98 Å². The predicted octanol–water partition coefficient (Wildman–Crippen LogP) is 3.38. The van der Waals surface area contributed by atoms with Gasteiger partial charge in [0.2, 0.25) is 0 Å². The normalized spacial score (nSPS) is 10.2. The molecule has 80 valence electrons. The molecule has 1 heterocycles. The number of fused-ring (bicyclic) bond motifs is 1. The first-order chi connectivity index (χ1) is 7.83. The predicted molar refractivity (Wildman–Crippen MR) is 65.5 cm³/mol. The fourth-order valence-electron chi connectivity index (χ4n) is 1.71. The van der Waals surface area contributed by atoms with Crippen LogP contribution in [0.25, 0.3) is 10.9 Å². The summed E-state index contributed by atoms with van der Waals surface area (Å²) < 4.78 is 0. The van der Waals surface area contributed by atoms with Crippen LogP contribution in [0.5, 0.6) is 0 Å². The molecule has 0 aliphatic rings. The standard InChI is InChI=1S/C14H13NO/c1-2-3-9-14(16)12-6-4-8-13-11(12)7-5-10-15-13/h2,4-8,10H,1,3,9H2. The van der Waals surface area contributed by atoms with E-state index in [4.69, 9.17) is 0 Å².